The first-order valence-electron chi connectivity index (χ1n) is 8.48. The second-order valence-corrected chi connectivity index (χ2v) is 7.68. The molecule has 3 aliphatic rings. The lowest BCUT2D eigenvalue weighted by Crippen LogP contribution is -2.34. The second-order valence-electron chi connectivity index (χ2n) is 7.68. The first kappa shape index (κ1) is 12.7. The van der Waals surface area contributed by atoms with Gasteiger partial charge in [0, 0.05) is 11.7 Å². The van der Waals surface area contributed by atoms with Crippen molar-refractivity contribution in [2.24, 2.45) is 23.7 Å². The van der Waals surface area contributed by atoms with E-state index in [1.807, 2.05) is 0 Å². The van der Waals surface area contributed by atoms with Crippen LogP contribution in [-0.2, 0) is 0 Å². The highest BCUT2D eigenvalue weighted by molar-refractivity contribution is 5.59. The van der Waals surface area contributed by atoms with E-state index in [9.17, 15) is 0 Å². The number of benzene rings is 1. The van der Waals surface area contributed by atoms with Gasteiger partial charge >= 0.3 is 0 Å². The number of anilines is 1. The SMILES string of the molecule is Cc1cc(C)c(NC2CC3CC2C2CCCC32)c(C)c1. The first-order valence-corrected chi connectivity index (χ1v) is 8.48. The zero-order chi connectivity index (χ0) is 13.9. The van der Waals surface area contributed by atoms with Crippen LogP contribution in [0, 0.1) is 44.4 Å². The predicted octanol–water partition coefficient (Wildman–Crippen LogP) is 4.85. The molecule has 2 bridgehead atoms. The van der Waals surface area contributed by atoms with Crippen LogP contribution in [0.15, 0.2) is 12.1 Å². The molecule has 108 valence electrons. The minimum atomic E-state index is 0.749. The van der Waals surface area contributed by atoms with E-state index in [1.165, 1.54) is 54.5 Å². The van der Waals surface area contributed by atoms with Crippen LogP contribution >= 0.6 is 0 Å². The molecule has 1 nitrogen and oxygen atoms in total. The largest absolute Gasteiger partial charge is 0.382 e. The summed E-state index contributed by atoms with van der Waals surface area (Å²) in [4.78, 5) is 0. The van der Waals surface area contributed by atoms with Gasteiger partial charge in [-0.3, -0.25) is 0 Å². The lowest BCUT2D eigenvalue weighted by molar-refractivity contribution is 0.243. The average Bonchev–Trinajstić information content (AvgIpc) is 3.05. The fourth-order valence-electron chi connectivity index (χ4n) is 5.83. The van der Waals surface area contributed by atoms with Crippen LogP contribution in [-0.4, -0.2) is 6.04 Å². The van der Waals surface area contributed by atoms with Crippen LogP contribution in [0.4, 0.5) is 5.69 Å². The molecule has 1 aromatic carbocycles. The highest BCUT2D eigenvalue weighted by Crippen LogP contribution is 2.59. The maximum atomic E-state index is 3.95. The van der Waals surface area contributed by atoms with Crippen molar-refractivity contribution in [3.8, 4) is 0 Å². The van der Waals surface area contributed by atoms with Crippen LogP contribution in [0.5, 0.6) is 0 Å². The third kappa shape index (κ3) is 1.82. The van der Waals surface area contributed by atoms with E-state index in [0.717, 1.165) is 29.7 Å². The summed E-state index contributed by atoms with van der Waals surface area (Å²) in [6.07, 6.45) is 7.48. The Balaban J connectivity index is 1.56. The molecule has 1 aromatic rings. The number of hydrogen-bond donors (Lipinski definition) is 1. The number of hydrogen-bond acceptors (Lipinski definition) is 1. The molecule has 0 aromatic heterocycles. The zero-order valence-corrected chi connectivity index (χ0v) is 13.1. The molecule has 0 amide bonds. The van der Waals surface area contributed by atoms with E-state index in [-0.39, 0.29) is 0 Å². The summed E-state index contributed by atoms with van der Waals surface area (Å²) in [5, 5.41) is 3.95. The number of rotatable bonds is 2. The van der Waals surface area contributed by atoms with Crippen LogP contribution in [0.2, 0.25) is 0 Å². The van der Waals surface area contributed by atoms with E-state index < -0.39 is 0 Å². The van der Waals surface area contributed by atoms with Gasteiger partial charge in [0.2, 0.25) is 0 Å². The Hall–Kier alpha value is -0.980. The van der Waals surface area contributed by atoms with Gasteiger partial charge in [0.15, 0.2) is 0 Å². The van der Waals surface area contributed by atoms with E-state index in [4.69, 9.17) is 0 Å². The Bertz CT molecular complexity index is 510. The van der Waals surface area contributed by atoms with Crippen molar-refractivity contribution in [3.63, 3.8) is 0 Å². The third-order valence-corrected chi connectivity index (χ3v) is 6.44. The van der Waals surface area contributed by atoms with Gasteiger partial charge in [-0.05, 0) is 81.3 Å². The lowest BCUT2D eigenvalue weighted by Gasteiger charge is -2.33. The zero-order valence-electron chi connectivity index (χ0n) is 13.1. The summed E-state index contributed by atoms with van der Waals surface area (Å²) in [5.74, 6) is 4.15. The number of aryl methyl sites for hydroxylation is 3. The number of fused-ring (bicyclic) bond motifs is 5. The predicted molar refractivity (Wildman–Crippen MR) is 85.1 cm³/mol. The molecule has 5 unspecified atom stereocenters. The molecular formula is C19H27N. The smallest absolute Gasteiger partial charge is 0.0402 e. The maximum Gasteiger partial charge on any atom is 0.0402 e. The van der Waals surface area contributed by atoms with Gasteiger partial charge in [0.05, 0.1) is 0 Å². The van der Waals surface area contributed by atoms with Gasteiger partial charge in [0.1, 0.15) is 0 Å². The molecule has 1 heteroatoms. The second kappa shape index (κ2) is 4.51. The summed E-state index contributed by atoms with van der Waals surface area (Å²) < 4.78 is 0. The Morgan fingerprint density at radius 1 is 0.900 bits per heavy atom. The molecule has 4 rings (SSSR count). The summed E-state index contributed by atoms with van der Waals surface area (Å²) >= 11 is 0. The molecular weight excluding hydrogens is 242 g/mol. The van der Waals surface area contributed by atoms with Gasteiger partial charge < -0.3 is 5.32 Å². The Morgan fingerprint density at radius 2 is 1.60 bits per heavy atom. The summed E-state index contributed by atoms with van der Waals surface area (Å²) in [5.41, 5.74) is 5.65. The minimum absolute atomic E-state index is 0.749. The highest BCUT2D eigenvalue weighted by atomic mass is 15.0. The molecule has 3 fully saturated rings. The van der Waals surface area contributed by atoms with Crippen molar-refractivity contribution in [3.05, 3.63) is 28.8 Å². The molecule has 20 heavy (non-hydrogen) atoms. The van der Waals surface area contributed by atoms with Crippen LogP contribution < -0.4 is 5.32 Å². The lowest BCUT2D eigenvalue weighted by atomic mass is 9.79. The normalized spacial score (nSPS) is 38.2. The van der Waals surface area contributed by atoms with Gasteiger partial charge in [0.25, 0.3) is 0 Å². The van der Waals surface area contributed by atoms with Crippen molar-refractivity contribution >= 4 is 5.69 Å². The van der Waals surface area contributed by atoms with Crippen LogP contribution in [0.3, 0.4) is 0 Å². The van der Waals surface area contributed by atoms with E-state index in [1.54, 1.807) is 0 Å². The molecule has 0 aliphatic heterocycles. The molecule has 5 atom stereocenters. The summed E-state index contributed by atoms with van der Waals surface area (Å²) in [6, 6.07) is 5.39. The van der Waals surface area contributed by atoms with Crippen LogP contribution in [0.1, 0.15) is 48.8 Å². The maximum absolute atomic E-state index is 3.95. The Kier molecular flexibility index (Phi) is 2.87. The van der Waals surface area contributed by atoms with Crippen molar-refractivity contribution in [2.75, 3.05) is 5.32 Å². The monoisotopic (exact) mass is 269 g/mol. The third-order valence-electron chi connectivity index (χ3n) is 6.44. The quantitative estimate of drug-likeness (QED) is 0.809. The highest BCUT2D eigenvalue weighted by Gasteiger charge is 2.53. The van der Waals surface area contributed by atoms with Crippen LogP contribution in [0.25, 0.3) is 0 Å². The topological polar surface area (TPSA) is 12.0 Å². The molecule has 3 saturated carbocycles. The van der Waals surface area contributed by atoms with E-state index in [0.29, 0.717) is 0 Å². The van der Waals surface area contributed by atoms with Gasteiger partial charge in [-0.1, -0.05) is 24.1 Å². The van der Waals surface area contributed by atoms with E-state index in [2.05, 4.69) is 38.2 Å². The fourth-order valence-corrected chi connectivity index (χ4v) is 5.83. The average molecular weight is 269 g/mol. The van der Waals surface area contributed by atoms with Gasteiger partial charge in [-0.15, -0.1) is 0 Å². The first-order chi connectivity index (χ1) is 9.63. The molecule has 3 aliphatic carbocycles. The summed E-state index contributed by atoms with van der Waals surface area (Å²) in [6.45, 7) is 6.71. The molecule has 1 N–H and O–H groups in total. The molecule has 0 saturated heterocycles. The fraction of sp³-hybridized carbons (Fsp3) is 0.684. The Morgan fingerprint density at radius 3 is 2.35 bits per heavy atom. The molecule has 0 heterocycles. The van der Waals surface area contributed by atoms with Crippen molar-refractivity contribution in [1.29, 1.82) is 0 Å². The molecule has 0 spiro atoms. The summed E-state index contributed by atoms with van der Waals surface area (Å²) in [7, 11) is 0. The van der Waals surface area contributed by atoms with E-state index >= 15 is 0 Å². The van der Waals surface area contributed by atoms with Gasteiger partial charge in [-0.2, -0.15) is 0 Å². The minimum Gasteiger partial charge on any atom is -0.382 e. The van der Waals surface area contributed by atoms with Crippen molar-refractivity contribution in [2.45, 2.75) is 58.9 Å². The standard InChI is InChI=1S/C19H27N/c1-11-7-12(2)19(13(3)8-11)20-18-10-14-9-17(18)16-6-4-5-15(14)16/h7-8,14-18,20H,4-6,9-10H2,1-3H3. The van der Waals surface area contributed by atoms with Crippen molar-refractivity contribution in [1.82, 2.24) is 0 Å². The van der Waals surface area contributed by atoms with Crippen molar-refractivity contribution < 1.29 is 0 Å². The van der Waals surface area contributed by atoms with Gasteiger partial charge in [-0.25, -0.2) is 0 Å². The number of nitrogens with one attached hydrogen (secondary N) is 1. The molecule has 0 radical (unpaired) electrons. The Labute approximate surface area is 123 Å².